The Labute approximate surface area is 173 Å². The molecule has 0 radical (unpaired) electrons. The first-order chi connectivity index (χ1) is 13.8. The van der Waals surface area contributed by atoms with Gasteiger partial charge in [0.25, 0.3) is 5.91 Å². The standard InChI is InChI=1S/C20H21N3O4S2/c1-3-14-5-4-6-17(11-14)27-12-19(24)22-20-21-18(13-28-20)15-7-9-16(10-8-15)23-29(2,25)26/h4-11,13,23H,3,12H2,1-2H3,(H,21,22,24). The molecule has 0 aliphatic heterocycles. The van der Waals surface area contributed by atoms with Gasteiger partial charge in [-0.3, -0.25) is 14.8 Å². The predicted molar refractivity (Wildman–Crippen MR) is 116 cm³/mol. The maximum Gasteiger partial charge on any atom is 0.264 e. The number of nitrogens with zero attached hydrogens (tertiary/aromatic N) is 1. The van der Waals surface area contributed by atoms with Gasteiger partial charge in [-0.25, -0.2) is 13.4 Å². The highest BCUT2D eigenvalue weighted by Gasteiger charge is 2.10. The molecule has 1 aromatic heterocycles. The van der Waals surface area contributed by atoms with Gasteiger partial charge >= 0.3 is 0 Å². The molecule has 2 aromatic carbocycles. The number of anilines is 2. The van der Waals surface area contributed by atoms with E-state index in [1.807, 2.05) is 29.6 Å². The minimum atomic E-state index is -3.32. The summed E-state index contributed by atoms with van der Waals surface area (Å²) in [5, 5.41) is 5.01. The molecule has 29 heavy (non-hydrogen) atoms. The lowest BCUT2D eigenvalue weighted by Gasteiger charge is -2.07. The van der Waals surface area contributed by atoms with Crippen molar-refractivity contribution in [3.8, 4) is 17.0 Å². The molecule has 0 aliphatic rings. The van der Waals surface area contributed by atoms with E-state index in [1.54, 1.807) is 24.3 Å². The Kier molecular flexibility index (Phi) is 6.50. The number of ether oxygens (including phenoxy) is 1. The van der Waals surface area contributed by atoms with Crippen molar-refractivity contribution in [1.29, 1.82) is 0 Å². The zero-order valence-electron chi connectivity index (χ0n) is 16.0. The molecule has 2 N–H and O–H groups in total. The van der Waals surface area contributed by atoms with E-state index in [1.165, 1.54) is 11.3 Å². The molecule has 0 bridgehead atoms. The molecular formula is C20H21N3O4S2. The van der Waals surface area contributed by atoms with E-state index in [4.69, 9.17) is 4.74 Å². The average Bonchev–Trinajstić information content (AvgIpc) is 3.14. The van der Waals surface area contributed by atoms with Crippen molar-refractivity contribution in [1.82, 2.24) is 4.98 Å². The lowest BCUT2D eigenvalue weighted by atomic mass is 10.1. The number of aryl methyl sites for hydroxylation is 1. The molecule has 0 fully saturated rings. The second kappa shape index (κ2) is 9.06. The lowest BCUT2D eigenvalue weighted by molar-refractivity contribution is -0.118. The van der Waals surface area contributed by atoms with E-state index in [0.29, 0.717) is 22.3 Å². The smallest absolute Gasteiger partial charge is 0.264 e. The summed E-state index contributed by atoms with van der Waals surface area (Å²) >= 11 is 1.30. The van der Waals surface area contributed by atoms with E-state index in [0.717, 1.165) is 23.8 Å². The summed E-state index contributed by atoms with van der Waals surface area (Å²) in [7, 11) is -3.32. The van der Waals surface area contributed by atoms with Crippen LogP contribution in [0.15, 0.2) is 53.9 Å². The Hall–Kier alpha value is -2.91. The fourth-order valence-corrected chi connectivity index (χ4v) is 3.85. The number of hydrogen-bond donors (Lipinski definition) is 2. The van der Waals surface area contributed by atoms with E-state index in [9.17, 15) is 13.2 Å². The van der Waals surface area contributed by atoms with Gasteiger partial charge in [-0.05, 0) is 36.2 Å². The number of carbonyl (C=O) groups is 1. The van der Waals surface area contributed by atoms with Crippen molar-refractivity contribution in [3.05, 3.63) is 59.5 Å². The fraction of sp³-hybridized carbons (Fsp3) is 0.200. The van der Waals surface area contributed by atoms with Gasteiger partial charge in [-0.15, -0.1) is 11.3 Å². The number of aromatic nitrogens is 1. The zero-order chi connectivity index (χ0) is 20.9. The third-order valence-electron chi connectivity index (χ3n) is 3.91. The van der Waals surface area contributed by atoms with Crippen LogP contribution in [0, 0.1) is 0 Å². The largest absolute Gasteiger partial charge is 0.484 e. The van der Waals surface area contributed by atoms with Crippen molar-refractivity contribution in [3.63, 3.8) is 0 Å². The van der Waals surface area contributed by atoms with E-state index >= 15 is 0 Å². The van der Waals surface area contributed by atoms with Gasteiger partial charge in [0, 0.05) is 16.6 Å². The maximum absolute atomic E-state index is 12.1. The first-order valence-corrected chi connectivity index (χ1v) is 11.6. The summed E-state index contributed by atoms with van der Waals surface area (Å²) < 4.78 is 30.5. The molecule has 9 heteroatoms. The van der Waals surface area contributed by atoms with Crippen molar-refractivity contribution in [2.75, 3.05) is 22.9 Å². The Balaban J connectivity index is 1.57. The molecule has 0 spiro atoms. The van der Waals surface area contributed by atoms with E-state index in [2.05, 4.69) is 21.9 Å². The van der Waals surface area contributed by atoms with E-state index < -0.39 is 10.0 Å². The van der Waals surface area contributed by atoms with Crippen molar-refractivity contribution < 1.29 is 17.9 Å². The number of rotatable bonds is 8. The van der Waals surface area contributed by atoms with Gasteiger partial charge in [0.2, 0.25) is 10.0 Å². The van der Waals surface area contributed by atoms with Crippen LogP contribution in [0.2, 0.25) is 0 Å². The Morgan fingerprint density at radius 1 is 1.17 bits per heavy atom. The topological polar surface area (TPSA) is 97.4 Å². The number of carbonyl (C=O) groups excluding carboxylic acids is 1. The predicted octanol–water partition coefficient (Wildman–Crippen LogP) is 3.76. The molecular weight excluding hydrogens is 410 g/mol. The highest BCUT2D eigenvalue weighted by molar-refractivity contribution is 7.92. The molecule has 1 heterocycles. The van der Waals surface area contributed by atoms with Crippen LogP contribution in [0.3, 0.4) is 0 Å². The van der Waals surface area contributed by atoms with Crippen LogP contribution in [0.1, 0.15) is 12.5 Å². The van der Waals surface area contributed by atoms with Gasteiger partial charge in [-0.1, -0.05) is 31.2 Å². The second-order valence-corrected chi connectivity index (χ2v) is 8.93. The Morgan fingerprint density at radius 3 is 2.62 bits per heavy atom. The first kappa shape index (κ1) is 20.8. The third kappa shape index (κ3) is 6.30. The second-order valence-electron chi connectivity index (χ2n) is 6.33. The molecule has 0 unspecified atom stereocenters. The van der Waals surface area contributed by atoms with E-state index in [-0.39, 0.29) is 12.5 Å². The molecule has 7 nitrogen and oxygen atoms in total. The molecule has 152 valence electrons. The number of sulfonamides is 1. The summed E-state index contributed by atoms with van der Waals surface area (Å²) in [6.45, 7) is 1.95. The first-order valence-electron chi connectivity index (χ1n) is 8.88. The molecule has 1 amide bonds. The van der Waals surface area contributed by atoms with Crippen LogP contribution in [0.5, 0.6) is 5.75 Å². The van der Waals surface area contributed by atoms with Gasteiger partial charge < -0.3 is 4.74 Å². The van der Waals surface area contributed by atoms with Crippen LogP contribution in [-0.4, -0.2) is 32.2 Å². The maximum atomic E-state index is 12.1. The number of hydrogen-bond acceptors (Lipinski definition) is 6. The summed E-state index contributed by atoms with van der Waals surface area (Å²) in [6.07, 6.45) is 2.00. The van der Waals surface area contributed by atoms with Crippen molar-refractivity contribution in [2.45, 2.75) is 13.3 Å². The van der Waals surface area contributed by atoms with Gasteiger partial charge in [0.05, 0.1) is 11.9 Å². The highest BCUT2D eigenvalue weighted by Crippen LogP contribution is 2.26. The molecule has 0 saturated carbocycles. The minimum Gasteiger partial charge on any atom is -0.484 e. The van der Waals surface area contributed by atoms with Crippen molar-refractivity contribution in [2.24, 2.45) is 0 Å². The zero-order valence-corrected chi connectivity index (χ0v) is 17.6. The molecule has 0 aliphatic carbocycles. The van der Waals surface area contributed by atoms with Crippen LogP contribution < -0.4 is 14.8 Å². The van der Waals surface area contributed by atoms with Crippen LogP contribution in [0.4, 0.5) is 10.8 Å². The number of thiazole rings is 1. The summed E-state index contributed by atoms with van der Waals surface area (Å²) in [5.41, 5.74) is 3.12. The summed E-state index contributed by atoms with van der Waals surface area (Å²) in [4.78, 5) is 16.5. The number of nitrogens with one attached hydrogen (secondary N) is 2. The van der Waals surface area contributed by atoms with Gasteiger partial charge in [0.1, 0.15) is 5.75 Å². The SMILES string of the molecule is CCc1cccc(OCC(=O)Nc2nc(-c3ccc(NS(C)(=O)=O)cc3)cs2)c1. The lowest BCUT2D eigenvalue weighted by Crippen LogP contribution is -2.20. The quantitative estimate of drug-likeness (QED) is 0.566. The summed E-state index contributed by atoms with van der Waals surface area (Å²) in [6, 6.07) is 14.5. The van der Waals surface area contributed by atoms with Crippen LogP contribution in [0.25, 0.3) is 11.3 Å². The van der Waals surface area contributed by atoms with Crippen LogP contribution >= 0.6 is 11.3 Å². The molecule has 3 rings (SSSR count). The molecule has 0 saturated heterocycles. The Morgan fingerprint density at radius 2 is 1.93 bits per heavy atom. The molecule has 0 atom stereocenters. The van der Waals surface area contributed by atoms with Gasteiger partial charge in [-0.2, -0.15) is 0 Å². The summed E-state index contributed by atoms with van der Waals surface area (Å²) in [5.74, 6) is 0.364. The van der Waals surface area contributed by atoms with Crippen LogP contribution in [-0.2, 0) is 21.2 Å². The normalized spacial score (nSPS) is 11.1. The number of amides is 1. The van der Waals surface area contributed by atoms with Gasteiger partial charge in [0.15, 0.2) is 11.7 Å². The monoisotopic (exact) mass is 431 g/mol. The Bertz CT molecular complexity index is 1090. The fourth-order valence-electron chi connectivity index (χ4n) is 2.55. The van der Waals surface area contributed by atoms with Crippen molar-refractivity contribution >= 4 is 38.1 Å². The third-order valence-corrected chi connectivity index (χ3v) is 5.28. The molecule has 3 aromatic rings. The number of benzene rings is 2. The highest BCUT2D eigenvalue weighted by atomic mass is 32.2. The average molecular weight is 432 g/mol. The minimum absolute atomic E-state index is 0.103.